The molecule has 2 N–H and O–H groups in total. The average molecular weight is 615 g/mol. The molecular formula is C34H47ClN2O4S. The maximum Gasteiger partial charge on any atom is 0.263 e. The smallest absolute Gasteiger partial charge is 0.263 e. The maximum absolute atomic E-state index is 13.1. The predicted octanol–water partition coefficient (Wildman–Crippen LogP) is 6.85. The molecule has 2 aromatic rings. The lowest BCUT2D eigenvalue weighted by Crippen LogP contribution is -2.50. The monoisotopic (exact) mass is 614 g/mol. The van der Waals surface area contributed by atoms with Crippen molar-refractivity contribution in [3.05, 3.63) is 70.3 Å². The SMILES string of the molecule is CC/C=C\CC1CC(C)C1CN1CC2(CCCc3cc(Cl)ccc32)COc2ccc(C(=O)NS(=O)C(C)C)cc21.CO. The van der Waals surface area contributed by atoms with Crippen molar-refractivity contribution < 1.29 is 18.8 Å². The van der Waals surface area contributed by atoms with Crippen molar-refractivity contribution in [3.63, 3.8) is 0 Å². The first-order valence-corrected chi connectivity index (χ1v) is 16.9. The molecule has 1 saturated carbocycles. The fraction of sp³-hybridized carbons (Fsp3) is 0.559. The van der Waals surface area contributed by atoms with E-state index < -0.39 is 11.0 Å². The number of aryl methyl sites for hydroxylation is 1. The summed E-state index contributed by atoms with van der Waals surface area (Å²) in [6.07, 6.45) is 11.3. The molecule has 1 fully saturated rings. The van der Waals surface area contributed by atoms with Crippen molar-refractivity contribution in [2.45, 2.75) is 76.9 Å². The van der Waals surface area contributed by atoms with Crippen LogP contribution in [0.1, 0.15) is 81.3 Å². The van der Waals surface area contributed by atoms with E-state index in [1.807, 2.05) is 32.0 Å². The van der Waals surface area contributed by atoms with Crippen molar-refractivity contribution in [3.8, 4) is 5.75 Å². The molecule has 0 saturated heterocycles. The summed E-state index contributed by atoms with van der Waals surface area (Å²) in [5, 5.41) is 7.63. The Kier molecular flexibility index (Phi) is 11.2. The standard InChI is InChI=1S/C33H43ClN2O3S.CH4O/c1-5-6-7-9-24-16-23(4)28(24)19-36-20-33(15-8-10-25-17-27(34)12-13-29(25)33)21-39-31-14-11-26(18-30(31)36)32(37)35-40(38)22(2)3;1-2/h6-7,11-14,17-18,22-24,28H,5,8-10,15-16,19-21H2,1-4H3,(H,35,37);2H,1H3/b7-6-;. The summed E-state index contributed by atoms with van der Waals surface area (Å²) in [6.45, 7) is 10.6. The second kappa shape index (κ2) is 14.4. The number of fused-ring (bicyclic) bond motifs is 3. The number of anilines is 1. The minimum absolute atomic E-state index is 0.149. The number of carbonyl (C=O) groups is 1. The number of halogens is 1. The van der Waals surface area contributed by atoms with Gasteiger partial charge in [0.15, 0.2) is 0 Å². The molecule has 5 atom stereocenters. The maximum atomic E-state index is 13.1. The third kappa shape index (κ3) is 7.06. The first-order valence-electron chi connectivity index (χ1n) is 15.3. The molecule has 1 spiro atoms. The zero-order chi connectivity index (χ0) is 30.4. The Morgan fingerprint density at radius 3 is 2.74 bits per heavy atom. The lowest BCUT2D eigenvalue weighted by Gasteiger charge is -2.47. The first kappa shape index (κ1) is 32.6. The number of rotatable bonds is 8. The van der Waals surface area contributed by atoms with Crippen LogP contribution in [0.25, 0.3) is 0 Å². The van der Waals surface area contributed by atoms with Crippen LogP contribution in [-0.4, -0.2) is 47.3 Å². The summed E-state index contributed by atoms with van der Waals surface area (Å²) >= 11 is 6.41. The Morgan fingerprint density at radius 2 is 2.02 bits per heavy atom. The van der Waals surface area contributed by atoms with Crippen LogP contribution < -0.4 is 14.4 Å². The summed E-state index contributed by atoms with van der Waals surface area (Å²) in [6, 6.07) is 12.0. The molecular weight excluding hydrogens is 568 g/mol. The van der Waals surface area contributed by atoms with E-state index in [-0.39, 0.29) is 16.6 Å². The summed E-state index contributed by atoms with van der Waals surface area (Å²) < 4.78 is 21.6. The van der Waals surface area contributed by atoms with Crippen LogP contribution in [0.15, 0.2) is 48.6 Å². The van der Waals surface area contributed by atoms with E-state index in [4.69, 9.17) is 21.4 Å². The molecule has 1 heterocycles. The van der Waals surface area contributed by atoms with E-state index in [0.29, 0.717) is 29.9 Å². The number of ether oxygens (including phenoxy) is 1. The lowest BCUT2D eigenvalue weighted by atomic mass is 9.63. The third-order valence-electron chi connectivity index (χ3n) is 9.20. The topological polar surface area (TPSA) is 78.9 Å². The fourth-order valence-corrected chi connectivity index (χ4v) is 7.64. The Balaban J connectivity index is 0.00000198. The molecule has 6 nitrogen and oxygen atoms in total. The van der Waals surface area contributed by atoms with Crippen molar-refractivity contribution in [2.24, 2.45) is 17.8 Å². The van der Waals surface area contributed by atoms with Crippen molar-refractivity contribution >= 4 is 34.2 Å². The van der Waals surface area contributed by atoms with E-state index in [2.05, 4.69) is 47.8 Å². The summed E-state index contributed by atoms with van der Waals surface area (Å²) in [7, 11) is -0.429. The lowest BCUT2D eigenvalue weighted by molar-refractivity contribution is 0.0918. The number of hydrogen-bond donors (Lipinski definition) is 2. The minimum Gasteiger partial charge on any atom is -0.490 e. The van der Waals surface area contributed by atoms with E-state index in [1.54, 1.807) is 6.07 Å². The molecule has 230 valence electrons. The van der Waals surface area contributed by atoms with Gasteiger partial charge in [0.25, 0.3) is 5.91 Å². The number of allylic oxidation sites excluding steroid dienone is 2. The fourth-order valence-electron chi connectivity index (χ4n) is 6.91. The highest BCUT2D eigenvalue weighted by Crippen LogP contribution is 2.48. The number of nitrogens with zero attached hydrogens (tertiary/aromatic N) is 1. The third-order valence-corrected chi connectivity index (χ3v) is 10.7. The van der Waals surface area contributed by atoms with Crippen LogP contribution in [0.4, 0.5) is 5.69 Å². The van der Waals surface area contributed by atoms with Gasteiger partial charge in [-0.05, 0) is 112 Å². The normalized spacial score (nSPS) is 25.4. The van der Waals surface area contributed by atoms with Crippen LogP contribution in [-0.2, 0) is 22.8 Å². The molecule has 2 aliphatic carbocycles. The molecule has 1 amide bonds. The van der Waals surface area contributed by atoms with Crippen molar-refractivity contribution in [2.75, 3.05) is 31.7 Å². The van der Waals surface area contributed by atoms with Gasteiger partial charge in [-0.1, -0.05) is 43.7 Å². The van der Waals surface area contributed by atoms with Crippen LogP contribution in [0.2, 0.25) is 5.02 Å². The summed E-state index contributed by atoms with van der Waals surface area (Å²) in [4.78, 5) is 15.6. The molecule has 3 aliphatic rings. The van der Waals surface area contributed by atoms with E-state index in [0.717, 1.165) is 68.8 Å². The Labute approximate surface area is 259 Å². The number of amides is 1. The van der Waals surface area contributed by atoms with Crippen LogP contribution in [0.3, 0.4) is 0 Å². The van der Waals surface area contributed by atoms with Crippen LogP contribution in [0, 0.1) is 17.8 Å². The zero-order valence-corrected chi connectivity index (χ0v) is 27.3. The van der Waals surface area contributed by atoms with E-state index in [1.165, 1.54) is 17.5 Å². The molecule has 0 radical (unpaired) electrons. The van der Waals surface area contributed by atoms with Gasteiger partial charge in [-0.2, -0.15) is 0 Å². The van der Waals surface area contributed by atoms with E-state index >= 15 is 0 Å². The number of nitrogens with one attached hydrogen (secondary N) is 1. The van der Waals surface area contributed by atoms with Crippen molar-refractivity contribution in [1.29, 1.82) is 0 Å². The Hall–Kier alpha value is -2.35. The van der Waals surface area contributed by atoms with Gasteiger partial charge in [-0.15, -0.1) is 0 Å². The zero-order valence-electron chi connectivity index (χ0n) is 25.7. The molecule has 5 unspecified atom stereocenters. The highest BCUT2D eigenvalue weighted by atomic mass is 35.5. The predicted molar refractivity (Wildman–Crippen MR) is 174 cm³/mol. The highest BCUT2D eigenvalue weighted by Gasteiger charge is 2.44. The molecule has 5 rings (SSSR count). The Bertz CT molecular complexity index is 1300. The molecule has 42 heavy (non-hydrogen) atoms. The second-order valence-corrected chi connectivity index (χ2v) is 14.5. The van der Waals surface area contributed by atoms with Gasteiger partial charge in [-0.25, -0.2) is 4.21 Å². The summed E-state index contributed by atoms with van der Waals surface area (Å²) in [5.74, 6) is 2.39. The highest BCUT2D eigenvalue weighted by molar-refractivity contribution is 7.84. The molecule has 2 aromatic carbocycles. The number of aliphatic hydroxyl groups excluding tert-OH is 1. The first-order chi connectivity index (χ1) is 20.2. The second-order valence-electron chi connectivity index (χ2n) is 12.3. The van der Waals surface area contributed by atoms with E-state index in [9.17, 15) is 9.00 Å². The van der Waals surface area contributed by atoms with Crippen molar-refractivity contribution in [1.82, 2.24) is 4.72 Å². The summed E-state index contributed by atoms with van der Waals surface area (Å²) in [5.41, 5.74) is 3.99. The molecule has 1 aliphatic heterocycles. The van der Waals surface area contributed by atoms with Gasteiger partial charge in [-0.3, -0.25) is 9.52 Å². The average Bonchev–Trinajstić information content (AvgIpc) is 3.13. The van der Waals surface area contributed by atoms with Gasteiger partial charge in [0.2, 0.25) is 0 Å². The Morgan fingerprint density at radius 1 is 1.24 bits per heavy atom. The molecule has 0 bridgehead atoms. The van der Waals surface area contributed by atoms with Gasteiger partial charge >= 0.3 is 0 Å². The number of aliphatic hydroxyl groups is 1. The van der Waals surface area contributed by atoms with Gasteiger partial charge in [0.1, 0.15) is 16.7 Å². The van der Waals surface area contributed by atoms with Crippen LogP contribution >= 0.6 is 11.6 Å². The molecule has 0 aromatic heterocycles. The number of benzene rings is 2. The van der Waals surface area contributed by atoms with Gasteiger partial charge < -0.3 is 14.7 Å². The minimum atomic E-state index is -1.43. The number of hydrogen-bond acceptors (Lipinski definition) is 5. The largest absolute Gasteiger partial charge is 0.490 e. The molecule has 8 heteroatoms. The quantitative estimate of drug-likeness (QED) is 0.318. The van der Waals surface area contributed by atoms with Gasteiger partial charge in [0, 0.05) is 41.5 Å². The van der Waals surface area contributed by atoms with Crippen LogP contribution in [0.5, 0.6) is 5.75 Å². The van der Waals surface area contributed by atoms with Gasteiger partial charge in [0.05, 0.1) is 12.3 Å². The number of carbonyl (C=O) groups excluding carboxylic acids is 1.